The average Bonchev–Trinajstić information content (AvgIpc) is 2.48. The summed E-state index contributed by atoms with van der Waals surface area (Å²) >= 11 is 0. The number of carbonyl (C=O) groups is 2. The van der Waals surface area contributed by atoms with Gasteiger partial charge in [-0.3, -0.25) is 4.79 Å². The molecule has 0 atom stereocenters. The second-order valence-corrected chi connectivity index (χ2v) is 4.69. The van der Waals surface area contributed by atoms with Crippen LogP contribution in [0, 0.1) is 0 Å². The van der Waals surface area contributed by atoms with Gasteiger partial charge in [-0.1, -0.05) is 37.3 Å². The molecule has 0 aliphatic carbocycles. The number of nitrogens with zero attached hydrogens (tertiary/aromatic N) is 1. The zero-order chi connectivity index (χ0) is 15.5. The van der Waals surface area contributed by atoms with Crippen LogP contribution in [0.3, 0.4) is 0 Å². The first-order valence-corrected chi connectivity index (χ1v) is 7.39. The highest BCUT2D eigenvalue weighted by Gasteiger charge is 2.13. The van der Waals surface area contributed by atoms with Gasteiger partial charge in [0.15, 0.2) is 0 Å². The van der Waals surface area contributed by atoms with Gasteiger partial charge in [0.05, 0.1) is 13.0 Å². The van der Waals surface area contributed by atoms with Gasteiger partial charge < -0.3 is 15.0 Å². The van der Waals surface area contributed by atoms with Gasteiger partial charge in [-0.05, 0) is 18.9 Å². The van der Waals surface area contributed by atoms with E-state index in [0.29, 0.717) is 26.2 Å². The molecular formula is C16H24N2O3. The molecule has 0 spiro atoms. The summed E-state index contributed by atoms with van der Waals surface area (Å²) in [5.74, 6) is -0.289. The Labute approximate surface area is 126 Å². The zero-order valence-electron chi connectivity index (χ0n) is 12.8. The Morgan fingerprint density at radius 2 is 1.90 bits per heavy atom. The fraction of sp³-hybridized carbons (Fsp3) is 0.500. The van der Waals surface area contributed by atoms with Gasteiger partial charge in [-0.25, -0.2) is 4.79 Å². The fourth-order valence-corrected chi connectivity index (χ4v) is 1.94. The molecule has 0 saturated heterocycles. The van der Waals surface area contributed by atoms with Crippen LogP contribution in [-0.2, 0) is 16.1 Å². The molecule has 0 aliphatic heterocycles. The molecule has 116 valence electrons. The molecule has 0 fully saturated rings. The largest absolute Gasteiger partial charge is 0.466 e. The first kappa shape index (κ1) is 17.0. The topological polar surface area (TPSA) is 58.6 Å². The van der Waals surface area contributed by atoms with E-state index >= 15 is 0 Å². The van der Waals surface area contributed by atoms with Crippen LogP contribution in [0.5, 0.6) is 0 Å². The Morgan fingerprint density at radius 1 is 1.19 bits per heavy atom. The summed E-state index contributed by atoms with van der Waals surface area (Å²) in [4.78, 5) is 25.1. The normalized spacial score (nSPS) is 10.0. The number of nitrogens with one attached hydrogen (secondary N) is 1. The molecule has 1 rings (SSSR count). The smallest absolute Gasteiger partial charge is 0.317 e. The molecule has 0 aromatic heterocycles. The zero-order valence-corrected chi connectivity index (χ0v) is 12.8. The van der Waals surface area contributed by atoms with Crippen molar-refractivity contribution < 1.29 is 14.3 Å². The van der Waals surface area contributed by atoms with Crippen LogP contribution >= 0.6 is 0 Å². The van der Waals surface area contributed by atoms with Crippen molar-refractivity contribution in [1.82, 2.24) is 10.2 Å². The summed E-state index contributed by atoms with van der Waals surface area (Å²) in [5.41, 5.74) is 1.09. The molecule has 2 amide bonds. The minimum absolute atomic E-state index is 0.148. The molecule has 0 aliphatic rings. The van der Waals surface area contributed by atoms with Crippen molar-refractivity contribution in [1.29, 1.82) is 0 Å². The molecule has 21 heavy (non-hydrogen) atoms. The lowest BCUT2D eigenvalue weighted by Crippen LogP contribution is -2.40. The summed E-state index contributed by atoms with van der Waals surface area (Å²) < 4.78 is 4.82. The number of esters is 1. The van der Waals surface area contributed by atoms with Crippen LogP contribution in [0.2, 0.25) is 0 Å². The minimum Gasteiger partial charge on any atom is -0.466 e. The van der Waals surface area contributed by atoms with Crippen molar-refractivity contribution in [3.8, 4) is 0 Å². The SMILES string of the molecule is CCCN(Cc1ccccc1)C(=O)NCCC(=O)OCC. The van der Waals surface area contributed by atoms with Gasteiger partial charge in [0, 0.05) is 19.6 Å². The standard InChI is InChI=1S/C16H24N2O3/c1-3-12-18(13-14-8-6-5-7-9-14)16(20)17-11-10-15(19)21-4-2/h5-9H,3-4,10-13H2,1-2H3,(H,17,20). The van der Waals surface area contributed by atoms with Gasteiger partial charge in [0.25, 0.3) is 0 Å². The molecule has 5 heteroatoms. The molecule has 5 nitrogen and oxygen atoms in total. The molecule has 1 aromatic carbocycles. The van der Waals surface area contributed by atoms with Crippen molar-refractivity contribution in [3.63, 3.8) is 0 Å². The number of ether oxygens (including phenoxy) is 1. The summed E-state index contributed by atoms with van der Waals surface area (Å²) in [5, 5.41) is 2.76. The highest BCUT2D eigenvalue weighted by molar-refractivity contribution is 5.75. The predicted molar refractivity (Wildman–Crippen MR) is 81.8 cm³/mol. The number of rotatable bonds is 8. The Bertz CT molecular complexity index is 434. The second kappa shape index (κ2) is 9.80. The van der Waals surface area contributed by atoms with E-state index in [0.717, 1.165) is 12.0 Å². The lowest BCUT2D eigenvalue weighted by molar-refractivity contribution is -0.142. The first-order valence-electron chi connectivity index (χ1n) is 7.39. The quantitative estimate of drug-likeness (QED) is 0.749. The van der Waals surface area contributed by atoms with Crippen molar-refractivity contribution in [2.24, 2.45) is 0 Å². The van der Waals surface area contributed by atoms with Crippen LogP contribution in [-0.4, -0.2) is 36.6 Å². The van der Waals surface area contributed by atoms with E-state index < -0.39 is 0 Å². The molecule has 0 saturated carbocycles. The van der Waals surface area contributed by atoms with Crippen LogP contribution in [0.15, 0.2) is 30.3 Å². The number of carbonyl (C=O) groups excluding carboxylic acids is 2. The van der Waals surface area contributed by atoms with Gasteiger partial charge in [0.2, 0.25) is 0 Å². The van der Waals surface area contributed by atoms with E-state index in [4.69, 9.17) is 4.74 Å². The van der Waals surface area contributed by atoms with Gasteiger partial charge in [-0.15, -0.1) is 0 Å². The number of hydrogen-bond donors (Lipinski definition) is 1. The predicted octanol–water partition coefficient (Wildman–Crippen LogP) is 2.56. The van der Waals surface area contributed by atoms with Crippen molar-refractivity contribution in [3.05, 3.63) is 35.9 Å². The number of amides is 2. The highest BCUT2D eigenvalue weighted by atomic mass is 16.5. The molecule has 1 aromatic rings. The Hall–Kier alpha value is -2.04. The summed E-state index contributed by atoms with van der Waals surface area (Å²) in [6.45, 7) is 5.71. The Morgan fingerprint density at radius 3 is 2.52 bits per heavy atom. The van der Waals surface area contributed by atoms with E-state index in [9.17, 15) is 9.59 Å². The van der Waals surface area contributed by atoms with Crippen LogP contribution in [0.25, 0.3) is 0 Å². The van der Waals surface area contributed by atoms with E-state index in [1.807, 2.05) is 37.3 Å². The maximum absolute atomic E-state index is 12.1. The van der Waals surface area contributed by atoms with Crippen molar-refractivity contribution in [2.75, 3.05) is 19.7 Å². The molecular weight excluding hydrogens is 268 g/mol. The first-order chi connectivity index (χ1) is 10.2. The third-order valence-electron chi connectivity index (χ3n) is 2.91. The highest BCUT2D eigenvalue weighted by Crippen LogP contribution is 2.05. The lowest BCUT2D eigenvalue weighted by Gasteiger charge is -2.22. The molecule has 0 radical (unpaired) electrons. The van der Waals surface area contributed by atoms with E-state index in [1.54, 1.807) is 11.8 Å². The third-order valence-corrected chi connectivity index (χ3v) is 2.91. The fourth-order valence-electron chi connectivity index (χ4n) is 1.94. The maximum Gasteiger partial charge on any atom is 0.317 e. The third kappa shape index (κ3) is 6.79. The second-order valence-electron chi connectivity index (χ2n) is 4.69. The van der Waals surface area contributed by atoms with Crippen LogP contribution < -0.4 is 5.32 Å². The van der Waals surface area contributed by atoms with Crippen molar-refractivity contribution >= 4 is 12.0 Å². The van der Waals surface area contributed by atoms with E-state index in [-0.39, 0.29) is 18.4 Å². The minimum atomic E-state index is -0.289. The Balaban J connectivity index is 2.44. The van der Waals surface area contributed by atoms with Gasteiger partial charge in [0.1, 0.15) is 0 Å². The molecule has 0 unspecified atom stereocenters. The molecule has 0 heterocycles. The van der Waals surface area contributed by atoms with Gasteiger partial charge >= 0.3 is 12.0 Å². The number of urea groups is 1. The molecule has 0 bridgehead atoms. The van der Waals surface area contributed by atoms with Crippen molar-refractivity contribution in [2.45, 2.75) is 33.2 Å². The average molecular weight is 292 g/mol. The number of benzene rings is 1. The monoisotopic (exact) mass is 292 g/mol. The summed E-state index contributed by atoms with van der Waals surface area (Å²) in [6, 6.07) is 9.71. The Kier molecular flexibility index (Phi) is 7.94. The van der Waals surface area contributed by atoms with Gasteiger partial charge in [-0.2, -0.15) is 0 Å². The summed E-state index contributed by atoms with van der Waals surface area (Å²) in [6.07, 6.45) is 1.09. The van der Waals surface area contributed by atoms with E-state index in [2.05, 4.69) is 5.32 Å². The lowest BCUT2D eigenvalue weighted by atomic mass is 10.2. The number of hydrogen-bond acceptors (Lipinski definition) is 3. The van der Waals surface area contributed by atoms with Crippen LogP contribution in [0.4, 0.5) is 4.79 Å². The van der Waals surface area contributed by atoms with E-state index in [1.165, 1.54) is 0 Å². The molecule has 1 N–H and O–H groups in total. The van der Waals surface area contributed by atoms with Crippen LogP contribution in [0.1, 0.15) is 32.3 Å². The maximum atomic E-state index is 12.1. The summed E-state index contributed by atoms with van der Waals surface area (Å²) in [7, 11) is 0.